The number of nitrogens with two attached hydrogens (primary N) is 2. The van der Waals surface area contributed by atoms with Gasteiger partial charge in [-0.05, 0) is 0 Å². The Morgan fingerprint density at radius 2 is 1.81 bits per heavy atom. The molecule has 0 atom stereocenters. The minimum atomic E-state index is -0.555. The Hall–Kier alpha value is -2.02. The van der Waals surface area contributed by atoms with Gasteiger partial charge >= 0.3 is 0 Å². The van der Waals surface area contributed by atoms with E-state index >= 15 is 0 Å². The predicted octanol–water partition coefficient (Wildman–Crippen LogP) is -2.88. The lowest BCUT2D eigenvalue weighted by Crippen LogP contribution is -2.42. The highest BCUT2D eigenvalue weighted by Gasteiger charge is 2.19. The van der Waals surface area contributed by atoms with Gasteiger partial charge in [-0.25, -0.2) is 0 Å². The topological polar surface area (TPSA) is 138 Å². The molecule has 0 aromatic carbocycles. The maximum Gasteiger partial charge on any atom is 0.255 e. The number of carbonyl (C=O) groups excluding carboxylic acids is 2. The van der Waals surface area contributed by atoms with Crippen LogP contribution in [0.2, 0.25) is 0 Å². The van der Waals surface area contributed by atoms with Crippen molar-refractivity contribution >= 4 is 11.8 Å². The molecule has 90 valence electrons. The van der Waals surface area contributed by atoms with E-state index in [1.54, 1.807) is 7.05 Å². The first-order valence-corrected chi connectivity index (χ1v) is 4.64. The monoisotopic (exact) mass is 228 g/mol. The molecule has 0 aliphatic carbocycles. The third kappa shape index (κ3) is 3.62. The zero-order valence-electron chi connectivity index (χ0n) is 9.46. The third-order valence-corrected chi connectivity index (χ3v) is 1.92. The van der Waals surface area contributed by atoms with Crippen LogP contribution in [0.25, 0.3) is 0 Å². The average molecular weight is 228 g/mol. The molecule has 0 spiro atoms. The number of hydrogen-bond acceptors (Lipinski definition) is 4. The van der Waals surface area contributed by atoms with Crippen LogP contribution in [0.15, 0.2) is 23.2 Å². The first-order valence-electron chi connectivity index (χ1n) is 4.64. The van der Waals surface area contributed by atoms with Gasteiger partial charge in [-0.1, -0.05) is 0 Å². The van der Waals surface area contributed by atoms with E-state index < -0.39 is 11.8 Å². The van der Waals surface area contributed by atoms with Crippen molar-refractivity contribution in [3.05, 3.63) is 23.2 Å². The van der Waals surface area contributed by atoms with E-state index in [1.165, 1.54) is 13.2 Å². The number of rotatable bonds is 5. The molecule has 0 fully saturated rings. The molecule has 0 saturated carbocycles. The highest BCUT2D eigenvalue weighted by Crippen LogP contribution is 2.13. The van der Waals surface area contributed by atoms with Crippen molar-refractivity contribution in [2.45, 2.75) is 6.42 Å². The predicted molar refractivity (Wildman–Crippen MR) is 59.1 cm³/mol. The summed E-state index contributed by atoms with van der Waals surface area (Å²) < 4.78 is 0. The van der Waals surface area contributed by atoms with Crippen molar-refractivity contribution in [3.8, 4) is 0 Å². The average Bonchev–Trinajstić information content (AvgIpc) is 2.26. The number of amides is 2. The first-order chi connectivity index (χ1) is 7.47. The molecular weight excluding hydrogens is 210 g/mol. The number of quaternary nitrogens is 1. The summed E-state index contributed by atoms with van der Waals surface area (Å²) in [5.74, 6) is -0.793. The zero-order valence-corrected chi connectivity index (χ0v) is 9.46. The van der Waals surface area contributed by atoms with Crippen LogP contribution in [0.1, 0.15) is 6.42 Å². The Morgan fingerprint density at radius 3 is 2.12 bits per heavy atom. The molecule has 2 amide bonds. The summed E-state index contributed by atoms with van der Waals surface area (Å²) in [6.07, 6.45) is 1.30. The van der Waals surface area contributed by atoms with E-state index in [9.17, 15) is 9.59 Å². The lowest BCUT2D eigenvalue weighted by molar-refractivity contribution is -0.276. The second kappa shape index (κ2) is 6.46. The van der Waals surface area contributed by atoms with E-state index in [0.717, 1.165) is 0 Å². The van der Waals surface area contributed by atoms with E-state index in [2.05, 4.69) is 16.4 Å². The molecule has 0 heterocycles. The molecular formula is C9H18N5O2+. The number of nitrogens with one attached hydrogen (secondary N) is 2. The van der Waals surface area contributed by atoms with Gasteiger partial charge in [0.2, 0.25) is 5.91 Å². The van der Waals surface area contributed by atoms with Gasteiger partial charge in [0.1, 0.15) is 5.82 Å². The highest BCUT2D eigenvalue weighted by molar-refractivity contribution is 5.99. The van der Waals surface area contributed by atoms with Gasteiger partial charge in [-0.3, -0.25) is 9.59 Å². The Labute approximate surface area is 93.7 Å². The number of likely N-dealkylation sites (N-methyl/N-ethyl adjacent to an activating group) is 1. The molecule has 7 nitrogen and oxygen atoms in total. The third-order valence-electron chi connectivity index (χ3n) is 1.92. The van der Waals surface area contributed by atoms with Gasteiger partial charge in [-0.2, -0.15) is 0 Å². The van der Waals surface area contributed by atoms with Crippen molar-refractivity contribution in [2.75, 3.05) is 14.1 Å². The van der Waals surface area contributed by atoms with Crippen molar-refractivity contribution in [3.63, 3.8) is 0 Å². The fraction of sp³-hybridized carbons (Fsp3) is 0.333. The van der Waals surface area contributed by atoms with E-state index in [-0.39, 0.29) is 17.8 Å². The fourth-order valence-corrected chi connectivity index (χ4v) is 1.14. The molecule has 0 unspecified atom stereocenters. The van der Waals surface area contributed by atoms with Gasteiger partial charge in [0.05, 0.1) is 18.2 Å². The van der Waals surface area contributed by atoms with Crippen LogP contribution in [0.4, 0.5) is 0 Å². The van der Waals surface area contributed by atoms with Gasteiger partial charge in [0.25, 0.3) is 5.91 Å². The van der Waals surface area contributed by atoms with Gasteiger partial charge < -0.3 is 27.8 Å². The van der Waals surface area contributed by atoms with Crippen LogP contribution >= 0.6 is 0 Å². The molecule has 0 radical (unpaired) electrons. The normalized spacial score (nSPS) is 12.8. The van der Waals surface area contributed by atoms with Crippen LogP contribution < -0.4 is 27.8 Å². The minimum Gasteiger partial charge on any atom is -0.385 e. The Morgan fingerprint density at radius 1 is 1.25 bits per heavy atom. The van der Waals surface area contributed by atoms with Crippen LogP contribution in [-0.2, 0) is 9.59 Å². The van der Waals surface area contributed by atoms with E-state index in [1.807, 2.05) is 0 Å². The number of primary amides is 1. The highest BCUT2D eigenvalue weighted by atomic mass is 16.2. The lowest BCUT2D eigenvalue weighted by atomic mass is 10.0. The largest absolute Gasteiger partial charge is 0.385 e. The van der Waals surface area contributed by atoms with Crippen molar-refractivity contribution in [1.82, 2.24) is 10.6 Å². The van der Waals surface area contributed by atoms with Crippen molar-refractivity contribution in [1.29, 1.82) is 0 Å². The fourth-order valence-electron chi connectivity index (χ4n) is 1.14. The molecule has 0 aromatic heterocycles. The van der Waals surface area contributed by atoms with E-state index in [4.69, 9.17) is 11.5 Å². The molecule has 0 aliphatic rings. The van der Waals surface area contributed by atoms with Gasteiger partial charge in [0, 0.05) is 19.7 Å². The summed E-state index contributed by atoms with van der Waals surface area (Å²) in [5, 5.41) is 5.07. The first kappa shape index (κ1) is 14.0. The van der Waals surface area contributed by atoms with Crippen LogP contribution in [0.5, 0.6) is 0 Å². The molecule has 0 rings (SSSR count). The molecule has 0 aromatic rings. The maximum atomic E-state index is 11.6. The summed E-state index contributed by atoms with van der Waals surface area (Å²) in [5.41, 5.74) is 14.8. The quantitative estimate of drug-likeness (QED) is 0.255. The molecule has 0 bridgehead atoms. The molecule has 0 aliphatic heterocycles. The standard InChI is InChI=1S/C9H17N5O2/c1-13-8(12)7(9(16)14-2)5(4-10)3-6(11)15/h4,13H,3,10,12H2,1-2H3,(H2,11,15)(H,14,16)/p+1/b5-4-,8-7-. The van der Waals surface area contributed by atoms with Crippen LogP contribution in [0.3, 0.4) is 0 Å². The SMILES string of the molecule is CNC(=O)C(/C(=C\[NH3+])CC(N)=O)=C(/N)NC. The zero-order chi connectivity index (χ0) is 12.7. The van der Waals surface area contributed by atoms with Gasteiger partial charge in [-0.15, -0.1) is 0 Å². The van der Waals surface area contributed by atoms with Crippen LogP contribution in [0, 0.1) is 0 Å². The molecule has 9 N–H and O–H groups in total. The smallest absolute Gasteiger partial charge is 0.255 e. The lowest BCUT2D eigenvalue weighted by Gasteiger charge is -2.11. The number of carbonyl (C=O) groups is 2. The van der Waals surface area contributed by atoms with Gasteiger partial charge in [0.15, 0.2) is 0 Å². The summed E-state index contributed by atoms with van der Waals surface area (Å²) in [7, 11) is 3.04. The maximum absolute atomic E-state index is 11.6. The summed E-state index contributed by atoms with van der Waals surface area (Å²) in [6, 6.07) is 0. The summed E-state index contributed by atoms with van der Waals surface area (Å²) in [6.45, 7) is 0. The molecule has 16 heavy (non-hydrogen) atoms. The van der Waals surface area contributed by atoms with E-state index in [0.29, 0.717) is 5.57 Å². The molecule has 0 saturated heterocycles. The Kier molecular flexibility index (Phi) is 5.65. The minimum absolute atomic E-state index is 0.0887. The second-order valence-corrected chi connectivity index (χ2v) is 2.99. The number of hydrogen-bond donors (Lipinski definition) is 5. The van der Waals surface area contributed by atoms with Crippen molar-refractivity contribution in [2.24, 2.45) is 11.5 Å². The van der Waals surface area contributed by atoms with Crippen molar-refractivity contribution < 1.29 is 15.3 Å². The molecule has 7 heteroatoms. The van der Waals surface area contributed by atoms with Crippen LogP contribution in [-0.4, -0.2) is 25.9 Å². The Balaban J connectivity index is 5.34. The summed E-state index contributed by atoms with van der Waals surface area (Å²) in [4.78, 5) is 22.4. The second-order valence-electron chi connectivity index (χ2n) is 2.99. The Bertz CT molecular complexity index is 346. The summed E-state index contributed by atoms with van der Waals surface area (Å²) >= 11 is 0.